The van der Waals surface area contributed by atoms with Crippen molar-refractivity contribution in [2.45, 2.75) is 13.8 Å². The molecule has 1 amide bonds. The average molecular weight is 241 g/mol. The van der Waals surface area contributed by atoms with Crippen LogP contribution >= 0.6 is 0 Å². The number of rotatable bonds is 2. The molecule has 1 aromatic carbocycles. The minimum Gasteiger partial charge on any atom is -0.398 e. The van der Waals surface area contributed by atoms with E-state index in [9.17, 15) is 4.79 Å². The van der Waals surface area contributed by atoms with Crippen LogP contribution in [-0.2, 0) is 0 Å². The van der Waals surface area contributed by atoms with Crippen molar-refractivity contribution in [3.05, 3.63) is 53.3 Å². The second-order valence-corrected chi connectivity index (χ2v) is 4.24. The first-order valence-corrected chi connectivity index (χ1v) is 5.66. The molecular formula is C14H15N3O. The maximum Gasteiger partial charge on any atom is 0.258 e. The van der Waals surface area contributed by atoms with E-state index in [-0.39, 0.29) is 5.91 Å². The highest BCUT2D eigenvalue weighted by atomic mass is 16.1. The molecule has 0 fully saturated rings. The molecule has 0 bridgehead atoms. The first kappa shape index (κ1) is 12.1. The molecule has 2 aromatic rings. The fourth-order valence-electron chi connectivity index (χ4n) is 1.82. The zero-order valence-corrected chi connectivity index (χ0v) is 10.4. The lowest BCUT2D eigenvalue weighted by molar-refractivity contribution is 0.102. The van der Waals surface area contributed by atoms with Gasteiger partial charge in [-0.05, 0) is 37.1 Å². The Bertz CT molecular complexity index is 573. The number of hydrogen-bond acceptors (Lipinski definition) is 3. The van der Waals surface area contributed by atoms with Gasteiger partial charge in [0.25, 0.3) is 5.91 Å². The van der Waals surface area contributed by atoms with Gasteiger partial charge in [0.05, 0.1) is 17.4 Å². The zero-order chi connectivity index (χ0) is 13.1. The summed E-state index contributed by atoms with van der Waals surface area (Å²) in [6, 6.07) is 7.27. The lowest BCUT2D eigenvalue weighted by Crippen LogP contribution is -2.15. The van der Waals surface area contributed by atoms with E-state index in [1.54, 1.807) is 18.5 Å². The smallest absolute Gasteiger partial charge is 0.258 e. The molecule has 4 heteroatoms. The molecule has 3 N–H and O–H groups in total. The van der Waals surface area contributed by atoms with Gasteiger partial charge in [-0.1, -0.05) is 12.1 Å². The van der Waals surface area contributed by atoms with Gasteiger partial charge < -0.3 is 11.1 Å². The fourth-order valence-corrected chi connectivity index (χ4v) is 1.82. The predicted molar refractivity (Wildman–Crippen MR) is 72.5 cm³/mol. The van der Waals surface area contributed by atoms with E-state index in [0.29, 0.717) is 16.9 Å². The molecule has 1 heterocycles. The molecule has 92 valence electrons. The van der Waals surface area contributed by atoms with Gasteiger partial charge in [0.1, 0.15) is 0 Å². The van der Waals surface area contributed by atoms with Crippen LogP contribution < -0.4 is 11.1 Å². The Morgan fingerprint density at radius 3 is 2.72 bits per heavy atom. The number of pyridine rings is 1. The number of anilines is 2. The Morgan fingerprint density at radius 2 is 2.06 bits per heavy atom. The quantitative estimate of drug-likeness (QED) is 0.794. The van der Waals surface area contributed by atoms with Gasteiger partial charge in [-0.3, -0.25) is 9.78 Å². The number of nitrogens with one attached hydrogen (secondary N) is 1. The highest BCUT2D eigenvalue weighted by Gasteiger charge is 2.12. The molecule has 0 saturated carbocycles. The highest BCUT2D eigenvalue weighted by molar-refractivity contribution is 6.08. The molecule has 0 aliphatic carbocycles. The van der Waals surface area contributed by atoms with Crippen molar-refractivity contribution >= 4 is 17.3 Å². The van der Waals surface area contributed by atoms with E-state index in [1.165, 1.54) is 0 Å². The van der Waals surface area contributed by atoms with Crippen molar-refractivity contribution in [2.24, 2.45) is 0 Å². The SMILES string of the molecule is Cc1cncc(NC(=O)c2c(C)cccc2N)c1. The Balaban J connectivity index is 2.28. The third-order valence-electron chi connectivity index (χ3n) is 2.66. The van der Waals surface area contributed by atoms with Crippen molar-refractivity contribution in [1.82, 2.24) is 4.98 Å². The van der Waals surface area contributed by atoms with Crippen LogP contribution in [0.2, 0.25) is 0 Å². The summed E-state index contributed by atoms with van der Waals surface area (Å²) in [5, 5.41) is 2.80. The maximum atomic E-state index is 12.1. The standard InChI is InChI=1S/C14H15N3O/c1-9-6-11(8-16-7-9)17-14(18)13-10(2)4-3-5-12(13)15/h3-8H,15H2,1-2H3,(H,17,18). The molecule has 0 aliphatic heterocycles. The molecule has 0 unspecified atom stereocenters. The van der Waals surface area contributed by atoms with E-state index in [4.69, 9.17) is 5.73 Å². The topological polar surface area (TPSA) is 68.0 Å². The van der Waals surface area contributed by atoms with E-state index < -0.39 is 0 Å². The molecule has 0 aliphatic rings. The fraction of sp³-hybridized carbons (Fsp3) is 0.143. The molecular weight excluding hydrogens is 226 g/mol. The van der Waals surface area contributed by atoms with Crippen LogP contribution in [0.1, 0.15) is 21.5 Å². The van der Waals surface area contributed by atoms with Gasteiger partial charge in [0, 0.05) is 11.9 Å². The number of nitrogens with two attached hydrogens (primary N) is 1. The highest BCUT2D eigenvalue weighted by Crippen LogP contribution is 2.18. The summed E-state index contributed by atoms with van der Waals surface area (Å²) in [5.41, 5.74) is 9.34. The lowest BCUT2D eigenvalue weighted by atomic mass is 10.1. The van der Waals surface area contributed by atoms with Crippen LogP contribution in [0.25, 0.3) is 0 Å². The van der Waals surface area contributed by atoms with Gasteiger partial charge in [0.15, 0.2) is 0 Å². The first-order valence-electron chi connectivity index (χ1n) is 5.66. The summed E-state index contributed by atoms with van der Waals surface area (Å²) in [4.78, 5) is 16.2. The lowest BCUT2D eigenvalue weighted by Gasteiger charge is -2.10. The van der Waals surface area contributed by atoms with Crippen LogP contribution in [0.15, 0.2) is 36.7 Å². The van der Waals surface area contributed by atoms with E-state index in [0.717, 1.165) is 11.1 Å². The molecule has 0 radical (unpaired) electrons. The first-order chi connectivity index (χ1) is 8.58. The maximum absolute atomic E-state index is 12.1. The van der Waals surface area contributed by atoms with Gasteiger partial charge >= 0.3 is 0 Å². The summed E-state index contributed by atoms with van der Waals surface area (Å²) in [6.07, 6.45) is 3.34. The third-order valence-corrected chi connectivity index (χ3v) is 2.66. The van der Waals surface area contributed by atoms with Crippen molar-refractivity contribution in [3.8, 4) is 0 Å². The summed E-state index contributed by atoms with van der Waals surface area (Å²) in [6.45, 7) is 3.78. The summed E-state index contributed by atoms with van der Waals surface area (Å²) < 4.78 is 0. The Morgan fingerprint density at radius 1 is 1.28 bits per heavy atom. The summed E-state index contributed by atoms with van der Waals surface area (Å²) in [5.74, 6) is -0.210. The Hall–Kier alpha value is -2.36. The van der Waals surface area contributed by atoms with Crippen molar-refractivity contribution < 1.29 is 4.79 Å². The van der Waals surface area contributed by atoms with Crippen molar-refractivity contribution in [1.29, 1.82) is 0 Å². The van der Waals surface area contributed by atoms with E-state index >= 15 is 0 Å². The molecule has 2 rings (SSSR count). The van der Waals surface area contributed by atoms with E-state index in [1.807, 2.05) is 32.0 Å². The molecule has 0 atom stereocenters. The number of aryl methyl sites for hydroxylation is 2. The van der Waals surface area contributed by atoms with Crippen LogP contribution in [0, 0.1) is 13.8 Å². The number of amides is 1. The largest absolute Gasteiger partial charge is 0.398 e. The summed E-state index contributed by atoms with van der Waals surface area (Å²) >= 11 is 0. The number of carbonyl (C=O) groups is 1. The molecule has 0 spiro atoms. The summed E-state index contributed by atoms with van der Waals surface area (Å²) in [7, 11) is 0. The molecule has 1 aromatic heterocycles. The molecule has 0 saturated heterocycles. The number of nitrogens with zero attached hydrogens (tertiary/aromatic N) is 1. The number of nitrogen functional groups attached to an aromatic ring is 1. The Labute approximate surface area is 106 Å². The second kappa shape index (κ2) is 4.87. The average Bonchev–Trinajstić information content (AvgIpc) is 2.28. The van der Waals surface area contributed by atoms with Gasteiger partial charge in [-0.15, -0.1) is 0 Å². The molecule has 18 heavy (non-hydrogen) atoms. The van der Waals surface area contributed by atoms with Crippen LogP contribution in [0.5, 0.6) is 0 Å². The third kappa shape index (κ3) is 2.48. The Kier molecular flexibility index (Phi) is 3.28. The van der Waals surface area contributed by atoms with Crippen LogP contribution in [0.4, 0.5) is 11.4 Å². The van der Waals surface area contributed by atoms with Gasteiger partial charge in [-0.25, -0.2) is 0 Å². The van der Waals surface area contributed by atoms with Crippen LogP contribution in [-0.4, -0.2) is 10.9 Å². The number of hydrogen-bond donors (Lipinski definition) is 2. The number of carbonyl (C=O) groups excluding carboxylic acids is 1. The number of benzene rings is 1. The van der Waals surface area contributed by atoms with Crippen molar-refractivity contribution in [3.63, 3.8) is 0 Å². The monoisotopic (exact) mass is 241 g/mol. The van der Waals surface area contributed by atoms with Gasteiger partial charge in [0.2, 0.25) is 0 Å². The minimum absolute atomic E-state index is 0.210. The molecule has 4 nitrogen and oxygen atoms in total. The predicted octanol–water partition coefficient (Wildman–Crippen LogP) is 2.53. The van der Waals surface area contributed by atoms with Crippen molar-refractivity contribution in [2.75, 3.05) is 11.1 Å². The normalized spacial score (nSPS) is 10.1. The van der Waals surface area contributed by atoms with Gasteiger partial charge in [-0.2, -0.15) is 0 Å². The minimum atomic E-state index is -0.210. The van der Waals surface area contributed by atoms with E-state index in [2.05, 4.69) is 10.3 Å². The zero-order valence-electron chi connectivity index (χ0n) is 10.4. The number of aromatic nitrogens is 1. The second-order valence-electron chi connectivity index (χ2n) is 4.24. The van der Waals surface area contributed by atoms with Crippen LogP contribution in [0.3, 0.4) is 0 Å².